The SMILES string of the molecule is Cc1ccc(C(=O)OC(C)CNCCC(C)C)cc1. The second kappa shape index (κ2) is 7.95. The summed E-state index contributed by atoms with van der Waals surface area (Å²) in [4.78, 5) is 11.9. The Morgan fingerprint density at radius 3 is 2.42 bits per heavy atom. The van der Waals surface area contributed by atoms with Crippen molar-refractivity contribution in [2.24, 2.45) is 5.92 Å². The first kappa shape index (κ1) is 15.7. The van der Waals surface area contributed by atoms with Crippen LogP contribution in [0.15, 0.2) is 24.3 Å². The fraction of sp³-hybridized carbons (Fsp3) is 0.562. The van der Waals surface area contributed by atoms with Gasteiger partial charge >= 0.3 is 5.97 Å². The molecule has 0 saturated carbocycles. The summed E-state index contributed by atoms with van der Waals surface area (Å²) < 4.78 is 5.38. The average molecular weight is 263 g/mol. The van der Waals surface area contributed by atoms with Crippen molar-refractivity contribution in [3.63, 3.8) is 0 Å². The van der Waals surface area contributed by atoms with Gasteiger partial charge in [-0.1, -0.05) is 31.5 Å². The van der Waals surface area contributed by atoms with Crippen LogP contribution in [0.3, 0.4) is 0 Å². The van der Waals surface area contributed by atoms with E-state index in [9.17, 15) is 4.79 Å². The van der Waals surface area contributed by atoms with Crippen molar-refractivity contribution in [2.45, 2.75) is 40.2 Å². The van der Waals surface area contributed by atoms with Crippen molar-refractivity contribution in [3.8, 4) is 0 Å². The summed E-state index contributed by atoms with van der Waals surface area (Å²) in [6.45, 7) is 9.96. The highest BCUT2D eigenvalue weighted by Gasteiger charge is 2.11. The Kier molecular flexibility index (Phi) is 6.57. The fourth-order valence-electron chi connectivity index (χ4n) is 1.68. The molecule has 19 heavy (non-hydrogen) atoms. The van der Waals surface area contributed by atoms with Crippen LogP contribution in [-0.4, -0.2) is 25.2 Å². The monoisotopic (exact) mass is 263 g/mol. The van der Waals surface area contributed by atoms with E-state index >= 15 is 0 Å². The number of benzene rings is 1. The fourth-order valence-corrected chi connectivity index (χ4v) is 1.68. The average Bonchev–Trinajstić information content (AvgIpc) is 2.35. The number of hydrogen-bond acceptors (Lipinski definition) is 3. The second-order valence-corrected chi connectivity index (χ2v) is 5.47. The molecule has 0 spiro atoms. The van der Waals surface area contributed by atoms with Crippen LogP contribution in [0.25, 0.3) is 0 Å². The molecule has 0 fully saturated rings. The quantitative estimate of drug-likeness (QED) is 0.606. The van der Waals surface area contributed by atoms with E-state index in [4.69, 9.17) is 4.74 Å². The van der Waals surface area contributed by atoms with Gasteiger partial charge in [0.25, 0.3) is 0 Å². The van der Waals surface area contributed by atoms with Crippen LogP contribution in [0.1, 0.15) is 43.1 Å². The Hall–Kier alpha value is -1.35. The van der Waals surface area contributed by atoms with Gasteiger partial charge in [-0.05, 0) is 44.9 Å². The summed E-state index contributed by atoms with van der Waals surface area (Å²) in [6.07, 6.45) is 1.03. The van der Waals surface area contributed by atoms with Crippen molar-refractivity contribution < 1.29 is 9.53 Å². The van der Waals surface area contributed by atoms with Gasteiger partial charge < -0.3 is 10.1 Å². The van der Waals surface area contributed by atoms with Crippen molar-refractivity contribution in [1.82, 2.24) is 5.32 Å². The van der Waals surface area contributed by atoms with E-state index in [1.54, 1.807) is 12.1 Å². The van der Waals surface area contributed by atoms with Gasteiger partial charge in [0, 0.05) is 6.54 Å². The van der Waals surface area contributed by atoms with Crippen LogP contribution in [0.4, 0.5) is 0 Å². The number of rotatable bonds is 7. The molecule has 106 valence electrons. The number of ether oxygens (including phenoxy) is 1. The van der Waals surface area contributed by atoms with Crippen LogP contribution >= 0.6 is 0 Å². The van der Waals surface area contributed by atoms with Gasteiger partial charge in [-0.25, -0.2) is 4.79 Å². The summed E-state index contributed by atoms with van der Waals surface area (Å²) in [6, 6.07) is 7.44. The van der Waals surface area contributed by atoms with Crippen molar-refractivity contribution >= 4 is 5.97 Å². The lowest BCUT2D eigenvalue weighted by molar-refractivity contribution is 0.0342. The number of aryl methyl sites for hydroxylation is 1. The van der Waals surface area contributed by atoms with E-state index in [0.717, 1.165) is 18.5 Å². The highest BCUT2D eigenvalue weighted by molar-refractivity contribution is 5.89. The lowest BCUT2D eigenvalue weighted by Gasteiger charge is -2.14. The highest BCUT2D eigenvalue weighted by Crippen LogP contribution is 2.06. The van der Waals surface area contributed by atoms with E-state index in [-0.39, 0.29) is 12.1 Å². The van der Waals surface area contributed by atoms with Crippen LogP contribution in [-0.2, 0) is 4.74 Å². The van der Waals surface area contributed by atoms with E-state index < -0.39 is 0 Å². The van der Waals surface area contributed by atoms with Gasteiger partial charge in [0.15, 0.2) is 0 Å². The van der Waals surface area contributed by atoms with Crippen molar-refractivity contribution in [1.29, 1.82) is 0 Å². The topological polar surface area (TPSA) is 38.3 Å². The number of nitrogens with one attached hydrogen (secondary N) is 1. The van der Waals surface area contributed by atoms with Gasteiger partial charge in [0.2, 0.25) is 0 Å². The summed E-state index contributed by atoms with van der Waals surface area (Å²) in [5.74, 6) is 0.441. The molecule has 1 N–H and O–H groups in total. The molecule has 0 aromatic heterocycles. The molecular formula is C16H25NO2. The third-order valence-electron chi connectivity index (χ3n) is 2.93. The molecule has 0 bridgehead atoms. The lowest BCUT2D eigenvalue weighted by Crippen LogP contribution is -2.30. The van der Waals surface area contributed by atoms with Crippen LogP contribution in [0.2, 0.25) is 0 Å². The molecular weight excluding hydrogens is 238 g/mol. The summed E-state index contributed by atoms with van der Waals surface area (Å²) in [5.41, 5.74) is 1.75. The molecule has 1 aromatic carbocycles. The number of esters is 1. The molecule has 0 radical (unpaired) electrons. The Bertz CT molecular complexity index is 384. The maximum Gasteiger partial charge on any atom is 0.338 e. The summed E-state index contributed by atoms with van der Waals surface area (Å²) in [7, 11) is 0. The Morgan fingerprint density at radius 1 is 1.21 bits per heavy atom. The molecule has 1 aromatic rings. The van der Waals surface area contributed by atoms with Crippen molar-refractivity contribution in [3.05, 3.63) is 35.4 Å². The minimum Gasteiger partial charge on any atom is -0.458 e. The minimum atomic E-state index is -0.252. The maximum absolute atomic E-state index is 11.9. The lowest BCUT2D eigenvalue weighted by atomic mass is 10.1. The van der Waals surface area contributed by atoms with E-state index in [2.05, 4.69) is 19.2 Å². The Balaban J connectivity index is 2.29. The summed E-state index contributed by atoms with van der Waals surface area (Å²) in [5, 5.41) is 3.31. The molecule has 1 rings (SSSR count). The number of hydrogen-bond donors (Lipinski definition) is 1. The normalized spacial score (nSPS) is 12.5. The van der Waals surface area contributed by atoms with Crippen LogP contribution in [0.5, 0.6) is 0 Å². The first-order chi connectivity index (χ1) is 8.99. The number of carbonyl (C=O) groups is 1. The Morgan fingerprint density at radius 2 is 1.84 bits per heavy atom. The zero-order valence-corrected chi connectivity index (χ0v) is 12.4. The summed E-state index contributed by atoms with van der Waals surface area (Å²) >= 11 is 0. The first-order valence-corrected chi connectivity index (χ1v) is 6.97. The molecule has 0 aliphatic heterocycles. The molecule has 0 amide bonds. The Labute approximate surface area is 116 Å². The van der Waals surface area contributed by atoms with E-state index in [0.29, 0.717) is 18.0 Å². The second-order valence-electron chi connectivity index (χ2n) is 5.47. The van der Waals surface area contributed by atoms with Gasteiger partial charge in [-0.15, -0.1) is 0 Å². The number of carbonyl (C=O) groups excluding carboxylic acids is 1. The third kappa shape index (κ3) is 6.39. The van der Waals surface area contributed by atoms with Gasteiger partial charge in [0.1, 0.15) is 6.10 Å². The molecule has 0 heterocycles. The molecule has 0 aliphatic carbocycles. The predicted molar refractivity (Wildman–Crippen MR) is 78.4 cm³/mol. The van der Waals surface area contributed by atoms with Crippen molar-refractivity contribution in [2.75, 3.05) is 13.1 Å². The smallest absolute Gasteiger partial charge is 0.338 e. The predicted octanol–water partition coefficient (Wildman–Crippen LogP) is 3.18. The van der Waals surface area contributed by atoms with E-state index in [1.807, 2.05) is 26.0 Å². The molecule has 3 heteroatoms. The first-order valence-electron chi connectivity index (χ1n) is 6.97. The third-order valence-corrected chi connectivity index (χ3v) is 2.93. The molecule has 0 saturated heterocycles. The highest BCUT2D eigenvalue weighted by atomic mass is 16.5. The molecule has 3 nitrogen and oxygen atoms in total. The van der Waals surface area contributed by atoms with Crippen LogP contribution in [0, 0.1) is 12.8 Å². The minimum absolute atomic E-state index is 0.110. The van der Waals surface area contributed by atoms with Gasteiger partial charge in [0.05, 0.1) is 5.56 Å². The maximum atomic E-state index is 11.9. The van der Waals surface area contributed by atoms with Crippen LogP contribution < -0.4 is 5.32 Å². The zero-order valence-electron chi connectivity index (χ0n) is 12.4. The standard InChI is InChI=1S/C16H25NO2/c1-12(2)9-10-17-11-14(4)19-16(18)15-7-5-13(3)6-8-15/h5-8,12,14,17H,9-11H2,1-4H3. The van der Waals surface area contributed by atoms with Gasteiger partial charge in [-0.2, -0.15) is 0 Å². The molecule has 1 atom stereocenters. The van der Waals surface area contributed by atoms with Gasteiger partial charge in [-0.3, -0.25) is 0 Å². The van der Waals surface area contributed by atoms with E-state index in [1.165, 1.54) is 0 Å². The molecule has 1 unspecified atom stereocenters. The zero-order chi connectivity index (χ0) is 14.3. The largest absolute Gasteiger partial charge is 0.458 e. The molecule has 0 aliphatic rings.